The Labute approximate surface area is 364 Å². The zero-order chi connectivity index (χ0) is 46.2. The maximum atomic E-state index is 14.6. The van der Waals surface area contributed by atoms with Crippen LogP contribution in [0.2, 0.25) is 0 Å². The number of carbonyl (C=O) groups excluding carboxylic acids is 4. The normalized spacial score (nSPS) is 29.0. The van der Waals surface area contributed by atoms with E-state index in [1.165, 1.54) is 59.3 Å². The molecule has 3 aliphatic rings. The molecule has 0 fully saturated rings. The molecule has 15 nitrogen and oxygen atoms in total. The van der Waals surface area contributed by atoms with Crippen molar-refractivity contribution in [3.05, 3.63) is 53.3 Å². The van der Waals surface area contributed by atoms with Crippen LogP contribution in [0.25, 0.3) is 10.8 Å². The van der Waals surface area contributed by atoms with Crippen molar-refractivity contribution in [3.8, 4) is 23.0 Å². The van der Waals surface area contributed by atoms with Gasteiger partial charge in [-0.05, 0) is 32.8 Å². The number of hydrogen-bond acceptors (Lipinski definition) is 13. The molecule has 3 heterocycles. The number of esters is 1. The standard InChI is InChI=1S/C47H66N2O13/c1-12-14-20-49(21-15-13-2)35(51)24-59-34-23-32-42(55)37-36(34)38-44(30(8)41(37)54)62-47(10,45(38)56)60-22-19-33(58-11)27(5)43(61-31(9)50)29(7)40(53)28(6)39(52)25(3)17-16-18-26(4)46(57)48-32/h16-19,22-23,25,27-29,33,39-40,43,52-55H,12-15,20-21,24H2,1-11H3,(H,48,57)/b17-16+,22-19+,26-18-/t25-,27+,28+,29+,33-,39-,40+,43+,47-/m0/s1. The molecule has 0 saturated heterocycles. The minimum atomic E-state index is -2.03. The third-order valence-electron chi connectivity index (χ3n) is 12.1. The molecule has 0 aliphatic carbocycles. The molecule has 5 N–H and O–H groups in total. The quantitative estimate of drug-likeness (QED) is 0.116. The van der Waals surface area contributed by atoms with Crippen LogP contribution in [0.3, 0.4) is 0 Å². The number of rotatable bonds is 11. The highest BCUT2D eigenvalue weighted by Crippen LogP contribution is 2.54. The molecule has 2 aromatic carbocycles. The first-order valence-corrected chi connectivity index (χ1v) is 21.5. The van der Waals surface area contributed by atoms with Crippen molar-refractivity contribution in [1.82, 2.24) is 4.90 Å². The minimum Gasteiger partial charge on any atom is -0.507 e. The van der Waals surface area contributed by atoms with Crippen LogP contribution < -0.4 is 14.8 Å². The van der Waals surface area contributed by atoms with Crippen molar-refractivity contribution in [1.29, 1.82) is 0 Å². The number of carbonyl (C=O) groups is 4. The Bertz CT molecular complexity index is 2050. The topological polar surface area (TPSA) is 211 Å². The number of Topliss-reactive ketones (excluding diaryl/α,β-unsaturated/α-hetero) is 1. The summed E-state index contributed by atoms with van der Waals surface area (Å²) in [4.78, 5) is 56.0. The van der Waals surface area contributed by atoms with Crippen LogP contribution in [-0.4, -0.2) is 106 Å². The van der Waals surface area contributed by atoms with E-state index in [2.05, 4.69) is 5.32 Å². The van der Waals surface area contributed by atoms with E-state index in [0.29, 0.717) is 13.1 Å². The second kappa shape index (κ2) is 21.3. The summed E-state index contributed by atoms with van der Waals surface area (Å²) in [5.41, 5.74) is 0.0239. The Morgan fingerprint density at radius 2 is 1.56 bits per heavy atom. The largest absolute Gasteiger partial charge is 0.507 e. The molecular formula is C47H66N2O13. The fourth-order valence-electron chi connectivity index (χ4n) is 8.04. The van der Waals surface area contributed by atoms with E-state index in [1.807, 2.05) is 13.8 Å². The number of aliphatic hydroxyl groups excluding tert-OH is 2. The predicted molar refractivity (Wildman–Crippen MR) is 234 cm³/mol. The van der Waals surface area contributed by atoms with E-state index in [1.54, 1.807) is 44.7 Å². The smallest absolute Gasteiger partial charge is 0.312 e. The minimum absolute atomic E-state index is 0.0493. The monoisotopic (exact) mass is 866 g/mol. The van der Waals surface area contributed by atoms with Crippen molar-refractivity contribution < 1.29 is 63.3 Å². The van der Waals surface area contributed by atoms with Gasteiger partial charge in [0.2, 0.25) is 0 Å². The number of anilines is 1. The van der Waals surface area contributed by atoms with Gasteiger partial charge in [-0.3, -0.25) is 19.2 Å². The number of allylic oxidation sites excluding steroid dienone is 2. The zero-order valence-electron chi connectivity index (χ0n) is 37.9. The molecular weight excluding hydrogens is 801 g/mol. The molecule has 2 amide bonds. The molecule has 0 radical (unpaired) electrons. The third kappa shape index (κ3) is 10.7. The number of fused-ring (bicyclic) bond motifs is 14. The number of aromatic hydroxyl groups is 2. The lowest BCUT2D eigenvalue weighted by Gasteiger charge is -2.38. The van der Waals surface area contributed by atoms with E-state index in [-0.39, 0.29) is 50.6 Å². The Kier molecular flexibility index (Phi) is 17.0. The Hall–Kier alpha value is -5.12. The average molecular weight is 867 g/mol. The van der Waals surface area contributed by atoms with Gasteiger partial charge in [0, 0.05) is 80.3 Å². The van der Waals surface area contributed by atoms with Gasteiger partial charge in [0.25, 0.3) is 17.6 Å². The van der Waals surface area contributed by atoms with Crippen molar-refractivity contribution in [3.63, 3.8) is 0 Å². The van der Waals surface area contributed by atoms with Crippen molar-refractivity contribution in [2.24, 2.45) is 23.7 Å². The number of hydrogen-bond donors (Lipinski definition) is 5. The lowest BCUT2D eigenvalue weighted by atomic mass is 9.78. The SMILES string of the molecule is CCCCN(CCCC)C(=O)COc1cc2c(O)c3c(O)c(C)c4c(c13)C(=O)[C@@](C)(O/C=C/[C@H](OC)[C@@H](C)[C@@H](OC(C)=O)[C@H](C)[C@H](O)[C@H](C)[C@@H](O)[C@@H](C)/C=C/C=C(/C)C(=O)N2)O4. The van der Waals surface area contributed by atoms with Crippen LogP contribution in [-0.2, 0) is 28.6 Å². The molecule has 0 unspecified atom stereocenters. The summed E-state index contributed by atoms with van der Waals surface area (Å²) in [6, 6.07) is 1.29. The second-order valence-electron chi connectivity index (χ2n) is 16.8. The van der Waals surface area contributed by atoms with E-state index in [4.69, 9.17) is 23.7 Å². The van der Waals surface area contributed by atoms with Gasteiger partial charge in [0.1, 0.15) is 23.4 Å². The lowest BCUT2D eigenvalue weighted by molar-refractivity contribution is -0.160. The van der Waals surface area contributed by atoms with Gasteiger partial charge >= 0.3 is 11.8 Å². The van der Waals surface area contributed by atoms with Crippen LogP contribution in [0.4, 0.5) is 5.69 Å². The number of amides is 2. The number of ether oxygens (including phenoxy) is 5. The lowest BCUT2D eigenvalue weighted by Crippen LogP contribution is -2.46. The first-order chi connectivity index (χ1) is 29.2. The number of aliphatic hydroxyl groups is 2. The van der Waals surface area contributed by atoms with Crippen LogP contribution >= 0.6 is 0 Å². The van der Waals surface area contributed by atoms with Crippen LogP contribution in [0.15, 0.2) is 42.2 Å². The van der Waals surface area contributed by atoms with Gasteiger partial charge in [-0.25, -0.2) is 0 Å². The maximum Gasteiger partial charge on any atom is 0.312 e. The molecule has 2 aromatic rings. The summed E-state index contributed by atoms with van der Waals surface area (Å²) in [5, 5.41) is 48.7. The van der Waals surface area contributed by atoms with Crippen molar-refractivity contribution in [2.45, 2.75) is 125 Å². The summed E-state index contributed by atoms with van der Waals surface area (Å²) in [7, 11) is 1.44. The molecule has 9 atom stereocenters. The van der Waals surface area contributed by atoms with Gasteiger partial charge < -0.3 is 54.3 Å². The summed E-state index contributed by atoms with van der Waals surface area (Å²) >= 11 is 0. The molecule has 15 heteroatoms. The van der Waals surface area contributed by atoms with E-state index in [9.17, 15) is 39.6 Å². The molecule has 3 aliphatic heterocycles. The molecule has 5 rings (SSSR count). The fraction of sp³-hybridized carbons (Fsp3) is 0.574. The van der Waals surface area contributed by atoms with Crippen LogP contribution in [0.1, 0.15) is 104 Å². The van der Waals surface area contributed by atoms with Gasteiger partial charge in [-0.1, -0.05) is 72.6 Å². The highest BCUT2D eigenvalue weighted by Gasteiger charge is 2.50. The number of benzene rings is 2. The second-order valence-corrected chi connectivity index (χ2v) is 16.8. The highest BCUT2D eigenvalue weighted by molar-refractivity contribution is 6.21. The molecule has 62 heavy (non-hydrogen) atoms. The van der Waals surface area contributed by atoms with Gasteiger partial charge in [-0.15, -0.1) is 0 Å². The van der Waals surface area contributed by atoms with Gasteiger partial charge in [0.15, 0.2) is 12.4 Å². The average Bonchev–Trinajstić information content (AvgIpc) is 3.50. The van der Waals surface area contributed by atoms with Gasteiger partial charge in [-0.2, -0.15) is 0 Å². The van der Waals surface area contributed by atoms with Gasteiger partial charge in [0.05, 0.1) is 41.2 Å². The number of nitrogens with zero attached hydrogens (tertiary/aromatic N) is 1. The summed E-state index contributed by atoms with van der Waals surface area (Å²) < 4.78 is 30.0. The fourth-order valence-corrected chi connectivity index (χ4v) is 8.04. The van der Waals surface area contributed by atoms with Crippen molar-refractivity contribution >= 4 is 40.0 Å². The number of nitrogens with one attached hydrogen (secondary N) is 1. The number of ketones is 1. The van der Waals surface area contributed by atoms with Crippen LogP contribution in [0, 0.1) is 30.6 Å². The summed E-state index contributed by atoms with van der Waals surface area (Å²) in [6.07, 6.45) is 6.96. The van der Waals surface area contributed by atoms with E-state index >= 15 is 0 Å². The Morgan fingerprint density at radius 3 is 2.16 bits per heavy atom. The molecule has 0 spiro atoms. The predicted octanol–water partition coefficient (Wildman–Crippen LogP) is 6.86. The molecule has 0 aromatic heterocycles. The molecule has 5 bridgehead atoms. The zero-order valence-corrected chi connectivity index (χ0v) is 37.9. The molecule has 0 saturated carbocycles. The third-order valence-corrected chi connectivity index (χ3v) is 12.1. The number of phenols is 2. The number of phenolic OH excluding ortho intramolecular Hbond substituents is 2. The van der Waals surface area contributed by atoms with Crippen LogP contribution in [0.5, 0.6) is 23.0 Å². The Balaban J connectivity index is 1.93. The first-order valence-electron chi connectivity index (χ1n) is 21.5. The summed E-state index contributed by atoms with van der Waals surface area (Å²) in [5.74, 6) is -7.91. The Morgan fingerprint density at radius 1 is 0.919 bits per heavy atom. The van der Waals surface area contributed by atoms with E-state index < -0.39 is 89.6 Å². The number of methoxy groups -OCH3 is 1. The first kappa shape index (κ1) is 49.5. The molecule has 342 valence electrons. The van der Waals surface area contributed by atoms with E-state index in [0.717, 1.165) is 25.7 Å². The highest BCUT2D eigenvalue weighted by atomic mass is 16.7. The number of unbranched alkanes of at least 4 members (excludes halogenated alkanes) is 2. The summed E-state index contributed by atoms with van der Waals surface area (Å²) in [6.45, 7) is 17.3. The maximum absolute atomic E-state index is 14.6. The van der Waals surface area contributed by atoms with Crippen molar-refractivity contribution in [2.75, 3.05) is 32.1 Å².